The zero-order valence-electron chi connectivity index (χ0n) is 15.3. The number of hydrogen-bond donors (Lipinski definition) is 1. The van der Waals surface area contributed by atoms with E-state index in [1.807, 2.05) is 29.8 Å². The molecule has 126 valence electrons. The first-order chi connectivity index (χ1) is 10.1. The summed E-state index contributed by atoms with van der Waals surface area (Å²) < 4.78 is 1.97. The quantitative estimate of drug-likeness (QED) is 0.878. The first-order valence-corrected chi connectivity index (χ1v) is 8.02. The molecule has 0 bridgehead atoms. The lowest BCUT2D eigenvalue weighted by Gasteiger charge is -2.38. The van der Waals surface area contributed by atoms with Crippen molar-refractivity contribution in [3.8, 4) is 0 Å². The lowest BCUT2D eigenvalue weighted by molar-refractivity contribution is -0.137. The molecule has 1 N–H and O–H groups in total. The van der Waals surface area contributed by atoms with Gasteiger partial charge in [0.15, 0.2) is 0 Å². The predicted octanol–water partition coefficient (Wildman–Crippen LogP) is 2.43. The third kappa shape index (κ3) is 4.57. The van der Waals surface area contributed by atoms with Gasteiger partial charge in [-0.1, -0.05) is 34.6 Å². The maximum absolute atomic E-state index is 12.9. The molecule has 1 unspecified atom stereocenters. The molecule has 1 aromatic heterocycles. The van der Waals surface area contributed by atoms with Gasteiger partial charge in [-0.15, -0.1) is 0 Å². The highest BCUT2D eigenvalue weighted by atomic mass is 16.2. The maximum atomic E-state index is 12.9. The Labute approximate surface area is 135 Å². The van der Waals surface area contributed by atoms with Crippen LogP contribution in [0.3, 0.4) is 0 Å². The van der Waals surface area contributed by atoms with Crippen LogP contribution in [0, 0.1) is 11.3 Å². The van der Waals surface area contributed by atoms with Gasteiger partial charge in [0.25, 0.3) is 0 Å². The molecule has 0 aliphatic rings. The highest BCUT2D eigenvalue weighted by Crippen LogP contribution is 2.24. The van der Waals surface area contributed by atoms with Crippen LogP contribution in [-0.2, 0) is 18.4 Å². The Balaban J connectivity index is 2.78. The molecule has 22 heavy (non-hydrogen) atoms. The average Bonchev–Trinajstić information content (AvgIpc) is 2.81. The number of nitrogens with one attached hydrogen (secondary N) is 1. The summed E-state index contributed by atoms with van der Waals surface area (Å²) in [7, 11) is 3.86. The molecular formula is C17H32N4O. The molecule has 0 aliphatic heterocycles. The van der Waals surface area contributed by atoms with Gasteiger partial charge < -0.3 is 9.47 Å². The fourth-order valence-electron chi connectivity index (χ4n) is 2.37. The van der Waals surface area contributed by atoms with Crippen molar-refractivity contribution in [1.82, 2.24) is 19.8 Å². The molecule has 0 aromatic carbocycles. The Morgan fingerprint density at radius 3 is 2.36 bits per heavy atom. The van der Waals surface area contributed by atoms with E-state index in [1.54, 1.807) is 6.20 Å². The standard InChI is InChI=1S/C17H32N4O/c1-12(2)15(19-11-14-18-9-10-20(14)7)16(22)21(8)13(3)17(4,5)6/h9-10,12-13,15,19H,11H2,1-8H3/t13-,15?/m1/s1. The van der Waals surface area contributed by atoms with Gasteiger partial charge >= 0.3 is 0 Å². The number of aryl methyl sites for hydroxylation is 1. The van der Waals surface area contributed by atoms with Crippen molar-refractivity contribution in [2.45, 2.75) is 60.2 Å². The van der Waals surface area contributed by atoms with Crippen molar-refractivity contribution in [1.29, 1.82) is 0 Å². The molecule has 1 amide bonds. The molecule has 0 fully saturated rings. The molecule has 0 radical (unpaired) electrons. The highest BCUT2D eigenvalue weighted by Gasteiger charge is 2.32. The first-order valence-electron chi connectivity index (χ1n) is 8.02. The van der Waals surface area contributed by atoms with Gasteiger partial charge in [0, 0.05) is 32.5 Å². The summed E-state index contributed by atoms with van der Waals surface area (Å²) in [6, 6.07) is -0.0253. The Kier molecular flexibility index (Phi) is 6.17. The summed E-state index contributed by atoms with van der Waals surface area (Å²) >= 11 is 0. The minimum atomic E-state index is -0.202. The Bertz CT molecular complexity index is 487. The molecule has 2 atom stereocenters. The number of aromatic nitrogens is 2. The van der Waals surface area contributed by atoms with Crippen LogP contribution in [0.1, 0.15) is 47.4 Å². The zero-order chi connectivity index (χ0) is 17.1. The number of nitrogens with zero attached hydrogens (tertiary/aromatic N) is 3. The Hall–Kier alpha value is -1.36. The van der Waals surface area contributed by atoms with Crippen LogP contribution < -0.4 is 5.32 Å². The van der Waals surface area contributed by atoms with Crippen LogP contribution in [0.25, 0.3) is 0 Å². The topological polar surface area (TPSA) is 50.2 Å². The largest absolute Gasteiger partial charge is 0.341 e. The number of carbonyl (C=O) groups excluding carboxylic acids is 1. The lowest BCUT2D eigenvalue weighted by Crippen LogP contribution is -2.53. The summed E-state index contributed by atoms with van der Waals surface area (Å²) in [6.07, 6.45) is 3.69. The first kappa shape index (κ1) is 18.7. The van der Waals surface area contributed by atoms with E-state index in [1.165, 1.54) is 0 Å². The number of hydrogen-bond acceptors (Lipinski definition) is 3. The van der Waals surface area contributed by atoms with Gasteiger partial charge in [0.05, 0.1) is 12.6 Å². The van der Waals surface area contributed by atoms with Gasteiger partial charge in [0.1, 0.15) is 5.82 Å². The van der Waals surface area contributed by atoms with Crippen molar-refractivity contribution < 1.29 is 4.79 Å². The second-order valence-corrected chi connectivity index (χ2v) is 7.55. The molecule has 1 aromatic rings. The number of rotatable bonds is 6. The van der Waals surface area contributed by atoms with Crippen LogP contribution in [0.2, 0.25) is 0 Å². The van der Waals surface area contributed by atoms with Gasteiger partial charge in [-0.2, -0.15) is 0 Å². The third-order valence-electron chi connectivity index (χ3n) is 4.52. The summed E-state index contributed by atoms with van der Waals surface area (Å²) in [5.41, 5.74) is 0.0611. The molecule has 0 aliphatic carbocycles. The fraction of sp³-hybridized carbons (Fsp3) is 0.765. The summed E-state index contributed by atoms with van der Waals surface area (Å²) in [5, 5.41) is 3.37. The zero-order valence-corrected chi connectivity index (χ0v) is 15.3. The minimum absolute atomic E-state index is 0.0611. The average molecular weight is 308 g/mol. The number of amides is 1. The minimum Gasteiger partial charge on any atom is -0.341 e. The Morgan fingerprint density at radius 2 is 1.95 bits per heavy atom. The van der Waals surface area contributed by atoms with Crippen molar-refractivity contribution >= 4 is 5.91 Å². The molecule has 1 rings (SSSR count). The van der Waals surface area contributed by atoms with Gasteiger partial charge in [-0.25, -0.2) is 4.98 Å². The lowest BCUT2D eigenvalue weighted by atomic mass is 9.86. The number of imidazole rings is 1. The molecule has 5 heteroatoms. The van der Waals surface area contributed by atoms with Gasteiger partial charge in [-0.05, 0) is 18.3 Å². The number of carbonyl (C=O) groups is 1. The molecule has 0 saturated carbocycles. The van der Waals surface area contributed by atoms with Gasteiger partial charge in [0.2, 0.25) is 5.91 Å². The van der Waals surface area contributed by atoms with E-state index >= 15 is 0 Å². The SMILES string of the molecule is CC(C)C(NCc1nccn1C)C(=O)N(C)[C@H](C)C(C)(C)C. The molecule has 5 nitrogen and oxygen atoms in total. The van der Waals surface area contributed by atoms with E-state index in [4.69, 9.17) is 0 Å². The van der Waals surface area contributed by atoms with E-state index in [0.29, 0.717) is 6.54 Å². The molecule has 0 spiro atoms. The molecular weight excluding hydrogens is 276 g/mol. The van der Waals surface area contributed by atoms with Crippen molar-refractivity contribution in [2.75, 3.05) is 7.05 Å². The van der Waals surface area contributed by atoms with Crippen molar-refractivity contribution in [3.05, 3.63) is 18.2 Å². The summed E-state index contributed by atoms with van der Waals surface area (Å²) in [4.78, 5) is 19.0. The normalized spacial score (nSPS) is 15.0. The van der Waals surface area contributed by atoms with E-state index in [0.717, 1.165) is 5.82 Å². The van der Waals surface area contributed by atoms with E-state index < -0.39 is 0 Å². The second kappa shape index (κ2) is 7.27. The van der Waals surface area contributed by atoms with Crippen molar-refractivity contribution in [3.63, 3.8) is 0 Å². The summed E-state index contributed by atoms with van der Waals surface area (Å²) in [6.45, 7) is 13.3. The maximum Gasteiger partial charge on any atom is 0.239 e. The molecule has 1 heterocycles. The van der Waals surface area contributed by atoms with Crippen LogP contribution >= 0.6 is 0 Å². The Morgan fingerprint density at radius 1 is 1.36 bits per heavy atom. The van der Waals surface area contributed by atoms with E-state index in [-0.39, 0.29) is 29.3 Å². The van der Waals surface area contributed by atoms with Gasteiger partial charge in [-0.3, -0.25) is 10.1 Å². The highest BCUT2D eigenvalue weighted by molar-refractivity contribution is 5.82. The number of likely N-dealkylation sites (N-methyl/N-ethyl adjacent to an activating group) is 1. The monoisotopic (exact) mass is 308 g/mol. The van der Waals surface area contributed by atoms with Crippen LogP contribution in [0.15, 0.2) is 12.4 Å². The van der Waals surface area contributed by atoms with Crippen LogP contribution in [-0.4, -0.2) is 39.5 Å². The third-order valence-corrected chi connectivity index (χ3v) is 4.52. The molecule has 0 saturated heterocycles. The van der Waals surface area contributed by atoms with Crippen molar-refractivity contribution in [2.24, 2.45) is 18.4 Å². The predicted molar refractivity (Wildman–Crippen MR) is 90.4 cm³/mol. The fourth-order valence-corrected chi connectivity index (χ4v) is 2.37. The van der Waals surface area contributed by atoms with Crippen LogP contribution in [0.5, 0.6) is 0 Å². The smallest absolute Gasteiger partial charge is 0.239 e. The second-order valence-electron chi connectivity index (χ2n) is 7.55. The summed E-state index contributed by atoms with van der Waals surface area (Å²) in [5.74, 6) is 1.30. The van der Waals surface area contributed by atoms with E-state index in [2.05, 4.69) is 51.8 Å². The van der Waals surface area contributed by atoms with E-state index in [9.17, 15) is 4.79 Å². The van der Waals surface area contributed by atoms with Crippen LogP contribution in [0.4, 0.5) is 0 Å².